The van der Waals surface area contributed by atoms with Gasteiger partial charge in [-0.05, 0) is 127 Å². The van der Waals surface area contributed by atoms with Gasteiger partial charge in [-0.15, -0.1) is 0 Å². The number of hydrogen-bond acceptors (Lipinski definition) is 15. The molecule has 9 heterocycles. The van der Waals surface area contributed by atoms with Gasteiger partial charge in [0.1, 0.15) is 42.6 Å². The van der Waals surface area contributed by atoms with E-state index in [0.29, 0.717) is 70.9 Å². The Labute approximate surface area is 858 Å². The Balaban J connectivity index is 0.000000133. The molecule has 0 amide bonds. The van der Waals surface area contributed by atoms with Gasteiger partial charge in [0.25, 0.3) is 0 Å². The van der Waals surface area contributed by atoms with E-state index in [1.807, 2.05) is 48.5 Å². The Bertz CT molecular complexity index is 7770. The molecule has 0 atom stereocenters. The van der Waals surface area contributed by atoms with Crippen LogP contribution in [0, 0.1) is 11.6 Å². The average Bonchev–Trinajstić information content (AvgIpc) is 0.787. The Morgan fingerprint density at radius 1 is 0.265 bits per heavy atom. The van der Waals surface area contributed by atoms with Gasteiger partial charge in [0.05, 0.1) is 77.9 Å². The second kappa shape index (κ2) is 46.0. The van der Waals surface area contributed by atoms with Crippen LogP contribution in [-0.2, 0) is 76.1 Å². The normalized spacial score (nSPS) is 12.8. The van der Waals surface area contributed by atoms with Crippen LogP contribution >= 0.6 is 81.2 Å². The zero-order valence-corrected chi connectivity index (χ0v) is 80.2. The average molecular weight is 2170 g/mol. The highest BCUT2D eigenvalue weighted by Gasteiger charge is 2.41. The fourth-order valence-corrected chi connectivity index (χ4v) is 17.0. The summed E-state index contributed by atoms with van der Waals surface area (Å²) in [5.41, 5.74) is 1.58. The minimum Gasteiger partial charge on any atom is -0.294 e. The Morgan fingerprint density at radius 3 is 1.12 bits per heavy atom. The highest BCUT2D eigenvalue weighted by Crippen LogP contribution is 2.46. The lowest BCUT2D eigenvalue weighted by Crippen LogP contribution is -2.31. The monoisotopic (exact) mass is 2160 g/mol. The smallest absolute Gasteiger partial charge is 0.294 e. The summed E-state index contributed by atoms with van der Waals surface area (Å²) in [6.07, 6.45) is -24.4. The number of nitrogens with zero attached hydrogens (tertiary/aromatic N) is 15. The number of pyridine rings is 1. The van der Waals surface area contributed by atoms with Crippen LogP contribution in [0.25, 0.3) is 113 Å². The van der Waals surface area contributed by atoms with Crippen LogP contribution < -0.4 is 0 Å². The molecule has 0 radical (unpaired) electrons. The minimum atomic E-state index is -4.72. The number of benzene rings is 11. The second-order valence-electron chi connectivity index (χ2n) is 32.2. The van der Waals surface area contributed by atoms with E-state index < -0.39 is 82.1 Å². The minimum absolute atomic E-state index is 0.0123. The van der Waals surface area contributed by atoms with Crippen molar-refractivity contribution in [3.63, 3.8) is 0 Å². The fraction of sp³-hybridized carbons (Fsp3) is 0.133. The van der Waals surface area contributed by atoms with E-state index in [0.717, 1.165) is 91.5 Å². The predicted molar refractivity (Wildman–Crippen MR) is 522 cm³/mol. The zero-order valence-electron chi connectivity index (χ0n) is 74.9. The van der Waals surface area contributed by atoms with E-state index in [9.17, 15) is 87.8 Å². The van der Waals surface area contributed by atoms with Gasteiger partial charge in [0, 0.05) is 125 Å². The largest absolute Gasteiger partial charge is 0.417 e. The summed E-state index contributed by atoms with van der Waals surface area (Å²) in [6.45, 7) is 4.17. The lowest BCUT2D eigenvalue weighted by atomic mass is 10.0. The molecule has 11 aromatic carbocycles. The summed E-state index contributed by atoms with van der Waals surface area (Å²) in [4.78, 5) is 58.2. The molecule has 0 spiro atoms. The lowest BCUT2D eigenvalue weighted by molar-refractivity contribution is -0.138. The van der Waals surface area contributed by atoms with Crippen molar-refractivity contribution in [3.8, 4) is 91.0 Å². The van der Waals surface area contributed by atoms with Gasteiger partial charge in [-0.25, -0.2) is 68.6 Å². The van der Waals surface area contributed by atoms with Crippen LogP contribution in [0.4, 0.5) is 87.8 Å². The number of hydrogen-bond donors (Lipinski definition) is 0. The molecular weight excluding hydrogens is 2100 g/mol. The van der Waals surface area contributed by atoms with Gasteiger partial charge in [-0.1, -0.05) is 257 Å². The van der Waals surface area contributed by atoms with Gasteiger partial charge in [0.2, 0.25) is 0 Å². The number of halogens is 27. The Hall–Kier alpha value is -13.9. The van der Waals surface area contributed by atoms with Gasteiger partial charge in [-0.2, -0.15) is 79.0 Å². The van der Waals surface area contributed by atoms with Crippen molar-refractivity contribution in [2.75, 3.05) is 13.1 Å². The second-order valence-corrected chi connectivity index (χ2v) is 34.8. The molecular formula is C105H66Cl7F20N15. The molecule has 20 rings (SSSR count). The molecule has 42 heteroatoms. The predicted octanol–water partition coefficient (Wildman–Crippen LogP) is 32.0. The summed E-state index contributed by atoms with van der Waals surface area (Å²) in [5.74, 6) is -1.95. The molecule has 147 heavy (non-hydrogen) atoms. The first-order chi connectivity index (χ1) is 69.9. The van der Waals surface area contributed by atoms with Crippen molar-refractivity contribution in [1.29, 1.82) is 0 Å². The number of para-hydroxylation sites is 2. The maximum Gasteiger partial charge on any atom is 0.417 e. The molecule has 2 aliphatic rings. The molecule has 750 valence electrons. The van der Waals surface area contributed by atoms with Crippen LogP contribution in [0.3, 0.4) is 0 Å². The van der Waals surface area contributed by atoms with Crippen LogP contribution in [0.2, 0.25) is 35.9 Å². The van der Waals surface area contributed by atoms with E-state index in [4.69, 9.17) is 81.2 Å². The van der Waals surface area contributed by atoms with Crippen molar-refractivity contribution < 1.29 is 87.8 Å². The van der Waals surface area contributed by atoms with Crippen molar-refractivity contribution >= 4 is 103 Å². The fourth-order valence-electron chi connectivity index (χ4n) is 15.4. The number of rotatable bonds is 12. The molecule has 0 aliphatic carbocycles. The highest BCUT2D eigenvalue weighted by molar-refractivity contribution is 6.35. The van der Waals surface area contributed by atoms with Gasteiger partial charge >= 0.3 is 37.1 Å². The first-order valence-corrected chi connectivity index (χ1v) is 46.1. The van der Waals surface area contributed by atoms with E-state index in [1.54, 1.807) is 91.1 Å². The first-order valence-electron chi connectivity index (χ1n) is 43.5. The third kappa shape index (κ3) is 27.1. The zero-order chi connectivity index (χ0) is 105. The molecule has 2 aliphatic heterocycles. The van der Waals surface area contributed by atoms with Crippen LogP contribution in [0.1, 0.15) is 67.0 Å². The summed E-state index contributed by atoms with van der Waals surface area (Å²) in [7, 11) is 0. The maximum absolute atomic E-state index is 13.9. The van der Waals surface area contributed by atoms with Crippen LogP contribution in [-0.4, -0.2) is 87.7 Å². The molecule has 0 saturated carbocycles. The van der Waals surface area contributed by atoms with Crippen molar-refractivity contribution in [1.82, 2.24) is 74.6 Å². The van der Waals surface area contributed by atoms with E-state index in [-0.39, 0.29) is 116 Å². The standard InChI is InChI=1S/2C21H17ClF3N3.C17H9ClF4N2.C16H9ClF3N3.C15H7Cl2F3N2.C15H7ClF4N2/c22-19-16-13-28(12-14-6-2-1-3-7-14)11-10-18(16)26-20(27-19)15-8-4-5-9-17(15)21(23,24)25;22-19-16-10-11-28(12-14-6-2-1-3-7-14)13-18(16)26-20(27-19)15-8-4-5-9-17(15)21(23,24)25;18-15-9-14(11-6-2-4-8-13(11)19)23-16(24-15)10-5-1-3-7-12(10)17(20,21)22;17-14-9-13(12-7-3-4-8-21-12)22-15(23-14)10-5-1-2-6-11(10)16(18,19)20;16-11-6-5-8(15(18,19)20)7-10(11)14-21-12-4-2-1-3-9(12)13(17)22-14;16-13-10-3-1-2-4-12(10)21-14(22-13)9-6-5-8(17)7-11(9)15(18,19)20/h2*1-9H,10-13H2;1-9H;1-9H;2*1-7H. The molecule has 0 N–H and O–H groups in total. The maximum atomic E-state index is 13.9. The molecule has 0 saturated heterocycles. The van der Waals surface area contributed by atoms with Gasteiger partial charge in [0.15, 0.2) is 34.9 Å². The summed E-state index contributed by atoms with van der Waals surface area (Å²) < 4.78 is 264. The Morgan fingerprint density at radius 2 is 0.646 bits per heavy atom. The molecule has 0 bridgehead atoms. The van der Waals surface area contributed by atoms with Gasteiger partial charge in [-0.3, -0.25) is 14.8 Å². The molecule has 15 nitrogen and oxygen atoms in total. The van der Waals surface area contributed by atoms with Crippen LogP contribution in [0.5, 0.6) is 0 Å². The van der Waals surface area contributed by atoms with E-state index >= 15 is 0 Å². The summed E-state index contributed by atoms with van der Waals surface area (Å²) in [5, 5.41) is 1.90. The lowest BCUT2D eigenvalue weighted by Gasteiger charge is -2.28. The third-order valence-electron chi connectivity index (χ3n) is 22.2. The number of fused-ring (bicyclic) bond motifs is 4. The third-order valence-corrected chi connectivity index (χ3v) is 24.1. The number of aromatic nitrogens is 13. The SMILES string of the molecule is FC(F)(F)c1ccc(Cl)c(-c2nc(Cl)c3ccccc3n2)c1.FC(F)(F)c1ccccc1-c1nc(Cl)c2c(n1)CCN(Cc1ccccc1)C2.FC(F)(F)c1ccccc1-c1nc(Cl)c2c(n1)CN(Cc1ccccc1)CC2.FC(F)(F)c1ccccc1-c1nc(Cl)cc(-c2ccccn2)n1.Fc1ccc(-c2nc(Cl)c3ccccc3n2)c(C(F)(F)F)c1.Fc1ccccc1-c1cc(Cl)nc(-c2ccccc2C(F)(F)F)n1. The molecule has 7 aromatic heterocycles. The van der Waals surface area contributed by atoms with Crippen molar-refractivity contribution in [3.05, 3.63) is 418 Å². The van der Waals surface area contributed by atoms with Crippen LogP contribution in [0.15, 0.2) is 303 Å². The Kier molecular flexibility index (Phi) is 33.6. The van der Waals surface area contributed by atoms with E-state index in [2.05, 4.69) is 86.7 Å². The summed E-state index contributed by atoms with van der Waals surface area (Å²) in [6, 6.07) is 73.5. The van der Waals surface area contributed by atoms with Crippen molar-refractivity contribution in [2.45, 2.75) is 76.1 Å². The number of alkyl halides is 18. The molecule has 0 unspecified atom stereocenters. The topological polar surface area (TPSA) is 174 Å². The van der Waals surface area contributed by atoms with Gasteiger partial charge < -0.3 is 0 Å². The molecule has 18 aromatic rings. The quantitative estimate of drug-likeness (QED) is 0.0834. The molecule has 0 fully saturated rings. The van der Waals surface area contributed by atoms with Crippen molar-refractivity contribution in [2.24, 2.45) is 0 Å². The first kappa shape index (κ1) is 107. The summed E-state index contributed by atoms with van der Waals surface area (Å²) >= 11 is 42.6. The highest BCUT2D eigenvalue weighted by atomic mass is 35.5. The van der Waals surface area contributed by atoms with E-state index in [1.165, 1.54) is 108 Å².